The van der Waals surface area contributed by atoms with E-state index < -0.39 is 0 Å². The molecule has 1 aromatic carbocycles. The van der Waals surface area contributed by atoms with Gasteiger partial charge in [0.05, 0.1) is 17.5 Å². The van der Waals surface area contributed by atoms with Crippen LogP contribution in [0.15, 0.2) is 30.0 Å². The molecule has 1 aromatic rings. The van der Waals surface area contributed by atoms with Crippen LogP contribution in [0.5, 0.6) is 5.75 Å². The van der Waals surface area contributed by atoms with Crippen molar-refractivity contribution in [2.24, 2.45) is 17.3 Å². The molecule has 0 heterocycles. The Morgan fingerprint density at radius 3 is 2.33 bits per heavy atom. The quantitative estimate of drug-likeness (QED) is 0.568. The number of likely N-dealkylation sites (N-methyl/N-ethyl adjacent to an activating group) is 1. The van der Waals surface area contributed by atoms with Crippen LogP contribution in [0, 0.1) is 0 Å². The highest BCUT2D eigenvalue weighted by atomic mass is 16.5. The van der Waals surface area contributed by atoms with Gasteiger partial charge in [-0.2, -0.15) is 0 Å². The lowest BCUT2D eigenvalue weighted by atomic mass is 9.98. The standard InChI is InChI=1S/C16H26N4O/c1-20(19)15(11-17)16(18)12-7-9-14(10-8-12)21-13-5-3-2-4-6-13/h7-10,13H,2-6,11,17-19H2,1H3/b16-15-. The smallest absolute Gasteiger partial charge is 0.119 e. The third-order valence-corrected chi connectivity index (χ3v) is 3.95. The van der Waals surface area contributed by atoms with Gasteiger partial charge in [-0.15, -0.1) is 0 Å². The van der Waals surface area contributed by atoms with Crippen molar-refractivity contribution in [1.29, 1.82) is 0 Å². The van der Waals surface area contributed by atoms with Crippen molar-refractivity contribution >= 4 is 5.70 Å². The average molecular weight is 290 g/mol. The molecule has 0 aliphatic heterocycles. The lowest BCUT2D eigenvalue weighted by molar-refractivity contribution is 0.155. The van der Waals surface area contributed by atoms with Crippen LogP contribution in [0.1, 0.15) is 37.7 Å². The monoisotopic (exact) mass is 290 g/mol. The van der Waals surface area contributed by atoms with E-state index in [0.717, 1.165) is 29.9 Å². The molecule has 1 aliphatic rings. The van der Waals surface area contributed by atoms with E-state index in [1.807, 2.05) is 24.3 Å². The van der Waals surface area contributed by atoms with Crippen LogP contribution in [-0.2, 0) is 0 Å². The molecule has 5 nitrogen and oxygen atoms in total. The van der Waals surface area contributed by atoms with Crippen molar-refractivity contribution < 1.29 is 4.74 Å². The first kappa shape index (κ1) is 15.7. The maximum Gasteiger partial charge on any atom is 0.119 e. The largest absolute Gasteiger partial charge is 0.490 e. The van der Waals surface area contributed by atoms with Crippen LogP contribution in [-0.4, -0.2) is 24.7 Å². The Kier molecular flexibility index (Phi) is 5.47. The van der Waals surface area contributed by atoms with Crippen molar-refractivity contribution in [2.75, 3.05) is 13.6 Å². The second-order valence-corrected chi connectivity index (χ2v) is 5.58. The van der Waals surface area contributed by atoms with Gasteiger partial charge in [0.15, 0.2) is 0 Å². The van der Waals surface area contributed by atoms with Gasteiger partial charge in [0.1, 0.15) is 5.75 Å². The normalized spacial score (nSPS) is 17.3. The van der Waals surface area contributed by atoms with Crippen LogP contribution in [0.2, 0.25) is 0 Å². The van der Waals surface area contributed by atoms with E-state index in [1.54, 1.807) is 7.05 Å². The molecular formula is C16H26N4O. The van der Waals surface area contributed by atoms with Crippen LogP contribution < -0.4 is 22.0 Å². The minimum absolute atomic E-state index is 0.305. The summed E-state index contributed by atoms with van der Waals surface area (Å²) in [5.41, 5.74) is 14.0. The van der Waals surface area contributed by atoms with E-state index in [4.69, 9.17) is 22.0 Å². The molecule has 0 unspecified atom stereocenters. The summed E-state index contributed by atoms with van der Waals surface area (Å²) in [7, 11) is 1.73. The Morgan fingerprint density at radius 1 is 1.19 bits per heavy atom. The predicted octanol–water partition coefficient (Wildman–Crippen LogP) is 1.79. The molecule has 5 heteroatoms. The first-order valence-electron chi connectivity index (χ1n) is 7.56. The van der Waals surface area contributed by atoms with E-state index in [2.05, 4.69) is 0 Å². The van der Waals surface area contributed by atoms with E-state index in [1.165, 1.54) is 24.3 Å². The van der Waals surface area contributed by atoms with Crippen LogP contribution in [0.3, 0.4) is 0 Å². The van der Waals surface area contributed by atoms with Gasteiger partial charge < -0.3 is 21.2 Å². The zero-order chi connectivity index (χ0) is 15.2. The summed E-state index contributed by atoms with van der Waals surface area (Å²) in [5, 5.41) is 1.46. The number of hydrogen-bond donors (Lipinski definition) is 3. The van der Waals surface area contributed by atoms with E-state index in [0.29, 0.717) is 18.3 Å². The number of ether oxygens (including phenoxy) is 1. The number of nitrogens with zero attached hydrogens (tertiary/aromatic N) is 1. The minimum atomic E-state index is 0.305. The van der Waals surface area contributed by atoms with Gasteiger partial charge in [0.2, 0.25) is 0 Å². The number of benzene rings is 1. The highest BCUT2D eigenvalue weighted by molar-refractivity contribution is 5.66. The van der Waals surface area contributed by atoms with E-state index in [-0.39, 0.29) is 0 Å². The summed E-state index contributed by atoms with van der Waals surface area (Å²) in [6.07, 6.45) is 6.52. The van der Waals surface area contributed by atoms with Crippen LogP contribution in [0.25, 0.3) is 5.70 Å². The highest BCUT2D eigenvalue weighted by Gasteiger charge is 2.15. The van der Waals surface area contributed by atoms with Crippen molar-refractivity contribution in [3.8, 4) is 5.75 Å². The Hall–Kier alpha value is -1.72. The summed E-state index contributed by atoms with van der Waals surface area (Å²) >= 11 is 0. The van der Waals surface area contributed by atoms with Crippen molar-refractivity contribution in [3.05, 3.63) is 35.5 Å². The third kappa shape index (κ3) is 4.12. The molecule has 0 amide bonds. The molecule has 0 aromatic heterocycles. The molecular weight excluding hydrogens is 264 g/mol. The fourth-order valence-electron chi connectivity index (χ4n) is 2.70. The number of hydrazine groups is 1. The van der Waals surface area contributed by atoms with Crippen molar-refractivity contribution in [3.63, 3.8) is 0 Å². The van der Waals surface area contributed by atoms with Gasteiger partial charge in [-0.25, -0.2) is 5.84 Å². The molecule has 1 saturated carbocycles. The van der Waals surface area contributed by atoms with Gasteiger partial charge in [-0.3, -0.25) is 0 Å². The number of nitrogens with two attached hydrogens (primary N) is 3. The molecule has 0 spiro atoms. The Labute approximate surface area is 126 Å². The molecule has 1 fully saturated rings. The van der Waals surface area contributed by atoms with Gasteiger partial charge in [-0.1, -0.05) is 6.42 Å². The van der Waals surface area contributed by atoms with Crippen LogP contribution in [0.4, 0.5) is 0 Å². The molecule has 0 saturated heterocycles. The Balaban J connectivity index is 2.07. The SMILES string of the molecule is CN(N)/C(CN)=C(\N)c1ccc(OC2CCCCC2)cc1. The Morgan fingerprint density at radius 2 is 1.81 bits per heavy atom. The second kappa shape index (κ2) is 7.33. The van der Waals surface area contributed by atoms with Gasteiger partial charge in [0, 0.05) is 13.6 Å². The molecule has 0 atom stereocenters. The maximum atomic E-state index is 6.12. The maximum absolute atomic E-state index is 6.12. The molecule has 21 heavy (non-hydrogen) atoms. The molecule has 2 rings (SSSR count). The average Bonchev–Trinajstić information content (AvgIpc) is 2.49. The van der Waals surface area contributed by atoms with Crippen LogP contribution >= 0.6 is 0 Å². The van der Waals surface area contributed by atoms with Gasteiger partial charge >= 0.3 is 0 Å². The Bertz CT molecular complexity index is 476. The van der Waals surface area contributed by atoms with E-state index >= 15 is 0 Å². The first-order chi connectivity index (χ1) is 10.1. The second-order valence-electron chi connectivity index (χ2n) is 5.58. The summed E-state index contributed by atoms with van der Waals surface area (Å²) in [6.45, 7) is 0.305. The fourth-order valence-corrected chi connectivity index (χ4v) is 2.70. The number of hydrogen-bond acceptors (Lipinski definition) is 5. The minimum Gasteiger partial charge on any atom is -0.490 e. The van der Waals surface area contributed by atoms with Gasteiger partial charge in [0.25, 0.3) is 0 Å². The lowest BCUT2D eigenvalue weighted by Crippen LogP contribution is -2.31. The summed E-state index contributed by atoms with van der Waals surface area (Å²) < 4.78 is 6.01. The highest BCUT2D eigenvalue weighted by Crippen LogP contribution is 2.24. The topological polar surface area (TPSA) is 90.5 Å². The van der Waals surface area contributed by atoms with Gasteiger partial charge in [-0.05, 0) is 55.5 Å². The number of rotatable bonds is 5. The molecule has 6 N–H and O–H groups in total. The van der Waals surface area contributed by atoms with E-state index in [9.17, 15) is 0 Å². The molecule has 1 aliphatic carbocycles. The third-order valence-electron chi connectivity index (χ3n) is 3.95. The lowest BCUT2D eigenvalue weighted by Gasteiger charge is -2.23. The van der Waals surface area contributed by atoms with Crippen molar-refractivity contribution in [2.45, 2.75) is 38.2 Å². The summed E-state index contributed by atoms with van der Waals surface area (Å²) in [4.78, 5) is 0. The zero-order valence-corrected chi connectivity index (χ0v) is 12.7. The zero-order valence-electron chi connectivity index (χ0n) is 12.7. The summed E-state index contributed by atoms with van der Waals surface area (Å²) in [5.74, 6) is 6.63. The molecule has 116 valence electrons. The molecule has 0 radical (unpaired) electrons. The fraction of sp³-hybridized carbons (Fsp3) is 0.500. The summed E-state index contributed by atoms with van der Waals surface area (Å²) in [6, 6.07) is 7.82. The predicted molar refractivity (Wildman–Crippen MR) is 86.1 cm³/mol. The van der Waals surface area contributed by atoms with Crippen molar-refractivity contribution in [1.82, 2.24) is 5.01 Å². The molecule has 0 bridgehead atoms. The first-order valence-corrected chi connectivity index (χ1v) is 7.56.